The van der Waals surface area contributed by atoms with Crippen molar-refractivity contribution in [3.63, 3.8) is 0 Å². The molecule has 0 aliphatic carbocycles. The lowest BCUT2D eigenvalue weighted by Crippen LogP contribution is -2.49. The highest BCUT2D eigenvalue weighted by atomic mass is 35.5. The van der Waals surface area contributed by atoms with Crippen molar-refractivity contribution < 1.29 is 9.18 Å². The number of hydrogen-bond donors (Lipinski definition) is 0. The summed E-state index contributed by atoms with van der Waals surface area (Å²) < 4.78 is 13.3. The summed E-state index contributed by atoms with van der Waals surface area (Å²) in [7, 11) is 0. The molecule has 4 rings (SSSR count). The van der Waals surface area contributed by atoms with Gasteiger partial charge in [-0.15, -0.1) is 0 Å². The van der Waals surface area contributed by atoms with Crippen molar-refractivity contribution in [2.45, 2.75) is 32.6 Å². The van der Waals surface area contributed by atoms with Gasteiger partial charge in [-0.25, -0.2) is 9.37 Å². The van der Waals surface area contributed by atoms with E-state index in [1.165, 1.54) is 18.9 Å². The molecule has 0 N–H and O–H groups in total. The number of nitrogens with zero attached hydrogens (tertiary/aromatic N) is 5. The molecular formula is C22H27ClFN5O. The third-order valence-electron chi connectivity index (χ3n) is 5.79. The van der Waals surface area contributed by atoms with E-state index in [-0.39, 0.29) is 10.9 Å². The van der Waals surface area contributed by atoms with Crippen LogP contribution in [0.25, 0.3) is 0 Å². The number of carbonyl (C=O) groups excluding carboxylic acids is 1. The van der Waals surface area contributed by atoms with Gasteiger partial charge in [-0.1, -0.05) is 17.7 Å². The van der Waals surface area contributed by atoms with Gasteiger partial charge >= 0.3 is 0 Å². The first-order valence-electron chi connectivity index (χ1n) is 10.6. The lowest BCUT2D eigenvalue weighted by atomic mass is 10.1. The Morgan fingerprint density at radius 1 is 1.03 bits per heavy atom. The lowest BCUT2D eigenvalue weighted by Gasteiger charge is -2.36. The van der Waals surface area contributed by atoms with Gasteiger partial charge in [0, 0.05) is 57.4 Å². The van der Waals surface area contributed by atoms with Crippen LogP contribution in [-0.4, -0.2) is 60.0 Å². The van der Waals surface area contributed by atoms with Gasteiger partial charge in [0.05, 0.1) is 5.02 Å². The number of piperazine rings is 1. The fourth-order valence-corrected chi connectivity index (χ4v) is 4.25. The minimum Gasteiger partial charge on any atom is -0.353 e. The van der Waals surface area contributed by atoms with Crippen LogP contribution in [0, 0.1) is 12.7 Å². The molecule has 0 atom stereocenters. The summed E-state index contributed by atoms with van der Waals surface area (Å²) in [5.74, 6) is 1.44. The summed E-state index contributed by atoms with van der Waals surface area (Å²) >= 11 is 5.83. The highest BCUT2D eigenvalue weighted by Crippen LogP contribution is 2.22. The summed E-state index contributed by atoms with van der Waals surface area (Å²) in [6.45, 7) is 6.89. The number of anilines is 2. The predicted octanol–water partition coefficient (Wildman–Crippen LogP) is 3.46. The van der Waals surface area contributed by atoms with E-state index < -0.39 is 5.82 Å². The third-order valence-corrected chi connectivity index (χ3v) is 6.08. The Balaban J connectivity index is 1.32. The molecule has 0 bridgehead atoms. The zero-order chi connectivity index (χ0) is 21.1. The average molecular weight is 432 g/mol. The molecule has 2 saturated heterocycles. The topological polar surface area (TPSA) is 52.6 Å². The summed E-state index contributed by atoms with van der Waals surface area (Å²) in [6.07, 6.45) is 3.34. The number of benzene rings is 1. The molecule has 0 spiro atoms. The largest absolute Gasteiger partial charge is 0.353 e. The monoisotopic (exact) mass is 431 g/mol. The number of aryl methyl sites for hydroxylation is 2. The van der Waals surface area contributed by atoms with Gasteiger partial charge in [0.1, 0.15) is 11.6 Å². The van der Waals surface area contributed by atoms with E-state index in [2.05, 4.69) is 14.8 Å². The zero-order valence-corrected chi connectivity index (χ0v) is 18.0. The van der Waals surface area contributed by atoms with Crippen molar-refractivity contribution in [2.24, 2.45) is 0 Å². The number of rotatable bonds is 5. The van der Waals surface area contributed by atoms with Gasteiger partial charge < -0.3 is 14.7 Å². The molecule has 1 aromatic carbocycles. The summed E-state index contributed by atoms with van der Waals surface area (Å²) in [5, 5.41) is 0.0991. The standard InChI is InChI=1S/C22H27ClFN5O/c1-16-14-20(26-22(25-16)29-8-2-3-9-29)27-10-12-28(13-11-27)21(30)7-5-17-4-6-19(24)18(23)15-17/h4,6,14-15H,2-3,5,7-13H2,1H3. The first-order chi connectivity index (χ1) is 14.5. The van der Waals surface area contributed by atoms with Crippen LogP contribution < -0.4 is 9.80 Å². The van der Waals surface area contributed by atoms with Crippen molar-refractivity contribution in [3.05, 3.63) is 46.4 Å². The zero-order valence-electron chi connectivity index (χ0n) is 17.3. The molecule has 2 aliphatic heterocycles. The Hall–Kier alpha value is -2.41. The SMILES string of the molecule is Cc1cc(N2CCN(C(=O)CCc3ccc(F)c(Cl)c3)CC2)nc(N2CCCC2)n1. The van der Waals surface area contributed by atoms with E-state index in [1.54, 1.807) is 12.1 Å². The van der Waals surface area contributed by atoms with Crippen LogP contribution in [0.2, 0.25) is 5.02 Å². The molecule has 2 aliphatic rings. The normalized spacial score (nSPS) is 17.0. The maximum Gasteiger partial charge on any atom is 0.227 e. The van der Waals surface area contributed by atoms with Crippen LogP contribution >= 0.6 is 11.6 Å². The molecule has 3 heterocycles. The molecule has 0 radical (unpaired) electrons. The Morgan fingerprint density at radius 3 is 2.47 bits per heavy atom. The minimum absolute atomic E-state index is 0.0991. The highest BCUT2D eigenvalue weighted by Gasteiger charge is 2.23. The van der Waals surface area contributed by atoms with Gasteiger partial charge in [0.2, 0.25) is 11.9 Å². The molecule has 0 unspecified atom stereocenters. The second-order valence-electron chi connectivity index (χ2n) is 7.98. The first kappa shape index (κ1) is 20.8. The first-order valence-corrected chi connectivity index (χ1v) is 10.9. The van der Waals surface area contributed by atoms with Gasteiger partial charge in [-0.2, -0.15) is 4.98 Å². The Morgan fingerprint density at radius 2 is 1.77 bits per heavy atom. The number of hydrogen-bond acceptors (Lipinski definition) is 5. The smallest absolute Gasteiger partial charge is 0.227 e. The van der Waals surface area contributed by atoms with Crippen molar-refractivity contribution >= 4 is 29.3 Å². The van der Waals surface area contributed by atoms with Crippen LogP contribution in [0.5, 0.6) is 0 Å². The van der Waals surface area contributed by atoms with Crippen LogP contribution in [-0.2, 0) is 11.2 Å². The van der Waals surface area contributed by atoms with Gasteiger partial charge in [-0.3, -0.25) is 4.79 Å². The second kappa shape index (κ2) is 9.16. The Kier molecular flexibility index (Phi) is 6.37. The van der Waals surface area contributed by atoms with E-state index in [0.717, 1.165) is 49.2 Å². The summed E-state index contributed by atoms with van der Waals surface area (Å²) in [4.78, 5) is 28.4. The van der Waals surface area contributed by atoms with Gasteiger partial charge in [-0.05, 0) is 43.9 Å². The minimum atomic E-state index is -0.435. The lowest BCUT2D eigenvalue weighted by molar-refractivity contribution is -0.131. The van der Waals surface area contributed by atoms with Gasteiger partial charge in [0.25, 0.3) is 0 Å². The molecule has 6 nitrogen and oxygen atoms in total. The van der Waals surface area contributed by atoms with E-state index in [1.807, 2.05) is 17.9 Å². The Labute approximate surface area is 181 Å². The summed E-state index contributed by atoms with van der Waals surface area (Å²) in [6, 6.07) is 6.65. The molecule has 8 heteroatoms. The molecular weight excluding hydrogens is 405 g/mol. The van der Waals surface area contributed by atoms with Crippen LogP contribution in [0.15, 0.2) is 24.3 Å². The number of aromatic nitrogens is 2. The van der Waals surface area contributed by atoms with Gasteiger partial charge in [0.15, 0.2) is 0 Å². The number of halogens is 2. The second-order valence-corrected chi connectivity index (χ2v) is 8.39. The molecule has 1 amide bonds. The van der Waals surface area contributed by atoms with Crippen molar-refractivity contribution in [1.29, 1.82) is 0 Å². The fraction of sp³-hybridized carbons (Fsp3) is 0.500. The van der Waals surface area contributed by atoms with Crippen LogP contribution in [0.4, 0.5) is 16.2 Å². The molecule has 0 saturated carbocycles. The maximum atomic E-state index is 13.3. The van der Waals surface area contributed by atoms with E-state index in [4.69, 9.17) is 16.6 Å². The quantitative estimate of drug-likeness (QED) is 0.725. The number of amides is 1. The molecule has 2 aromatic rings. The van der Waals surface area contributed by atoms with E-state index in [0.29, 0.717) is 25.9 Å². The third kappa shape index (κ3) is 4.83. The van der Waals surface area contributed by atoms with Crippen molar-refractivity contribution in [2.75, 3.05) is 49.1 Å². The van der Waals surface area contributed by atoms with Crippen molar-refractivity contribution in [1.82, 2.24) is 14.9 Å². The predicted molar refractivity (Wildman–Crippen MR) is 117 cm³/mol. The highest BCUT2D eigenvalue weighted by molar-refractivity contribution is 6.30. The maximum absolute atomic E-state index is 13.3. The van der Waals surface area contributed by atoms with E-state index in [9.17, 15) is 9.18 Å². The van der Waals surface area contributed by atoms with Crippen LogP contribution in [0.3, 0.4) is 0 Å². The molecule has 30 heavy (non-hydrogen) atoms. The number of carbonyl (C=O) groups is 1. The molecule has 2 fully saturated rings. The van der Waals surface area contributed by atoms with E-state index >= 15 is 0 Å². The van der Waals surface area contributed by atoms with Crippen LogP contribution in [0.1, 0.15) is 30.5 Å². The molecule has 1 aromatic heterocycles. The Bertz CT molecular complexity index is 910. The fourth-order valence-electron chi connectivity index (χ4n) is 4.05. The average Bonchev–Trinajstić information content (AvgIpc) is 3.29. The van der Waals surface area contributed by atoms with Crippen molar-refractivity contribution in [3.8, 4) is 0 Å². The molecule has 160 valence electrons. The summed E-state index contributed by atoms with van der Waals surface area (Å²) in [5.41, 5.74) is 1.85.